The van der Waals surface area contributed by atoms with Gasteiger partial charge in [0.05, 0.1) is 17.4 Å². The van der Waals surface area contributed by atoms with Crippen LogP contribution in [0.15, 0.2) is 24.5 Å². The molecule has 1 unspecified atom stereocenters. The Morgan fingerprint density at radius 2 is 1.65 bits per heavy atom. The van der Waals surface area contributed by atoms with Gasteiger partial charge in [0.15, 0.2) is 0 Å². The first-order valence-electron chi connectivity index (χ1n) is 5.78. The standard InChI is InChI=1S/C13H18N4/c1-9-5-6-10(2)17(9)16-12(4)13-11(3)14-7-8-15-13/h5-8,12,16H,1-4H3. The summed E-state index contributed by atoms with van der Waals surface area (Å²) in [5, 5.41) is 0. The summed E-state index contributed by atoms with van der Waals surface area (Å²) in [6.07, 6.45) is 3.45. The normalized spacial score (nSPS) is 12.5. The minimum Gasteiger partial charge on any atom is -0.317 e. The number of aryl methyl sites for hydroxylation is 3. The molecule has 0 spiro atoms. The van der Waals surface area contributed by atoms with E-state index >= 15 is 0 Å². The van der Waals surface area contributed by atoms with Gasteiger partial charge in [-0.05, 0) is 39.8 Å². The highest BCUT2D eigenvalue weighted by molar-refractivity contribution is 5.20. The third-order valence-corrected chi connectivity index (χ3v) is 2.92. The second-order valence-electron chi connectivity index (χ2n) is 4.33. The molecule has 0 aromatic carbocycles. The molecular weight excluding hydrogens is 212 g/mol. The van der Waals surface area contributed by atoms with E-state index in [2.05, 4.69) is 53.0 Å². The average molecular weight is 230 g/mol. The van der Waals surface area contributed by atoms with Gasteiger partial charge in [-0.3, -0.25) is 14.6 Å². The Hall–Kier alpha value is -1.84. The Balaban J connectivity index is 2.23. The van der Waals surface area contributed by atoms with Crippen LogP contribution >= 0.6 is 0 Å². The van der Waals surface area contributed by atoms with Crippen molar-refractivity contribution in [3.63, 3.8) is 0 Å². The molecule has 0 aliphatic rings. The number of hydrogen-bond donors (Lipinski definition) is 1. The second-order valence-corrected chi connectivity index (χ2v) is 4.33. The smallest absolute Gasteiger partial charge is 0.0851 e. The van der Waals surface area contributed by atoms with Crippen molar-refractivity contribution in [2.75, 3.05) is 5.43 Å². The van der Waals surface area contributed by atoms with Crippen LogP contribution in [0.25, 0.3) is 0 Å². The molecule has 0 bridgehead atoms. The zero-order valence-corrected chi connectivity index (χ0v) is 10.7. The Kier molecular flexibility index (Phi) is 3.13. The minimum atomic E-state index is 0.133. The summed E-state index contributed by atoms with van der Waals surface area (Å²) in [7, 11) is 0. The molecule has 0 aliphatic carbocycles. The molecule has 0 radical (unpaired) electrons. The highest BCUT2D eigenvalue weighted by atomic mass is 15.4. The van der Waals surface area contributed by atoms with Crippen LogP contribution < -0.4 is 5.43 Å². The fraction of sp³-hybridized carbons (Fsp3) is 0.385. The van der Waals surface area contributed by atoms with Crippen LogP contribution in [-0.2, 0) is 0 Å². The van der Waals surface area contributed by atoms with Crippen LogP contribution in [-0.4, -0.2) is 14.6 Å². The van der Waals surface area contributed by atoms with Crippen molar-refractivity contribution >= 4 is 0 Å². The van der Waals surface area contributed by atoms with Crippen molar-refractivity contribution < 1.29 is 0 Å². The number of rotatable bonds is 3. The maximum absolute atomic E-state index is 4.38. The molecule has 4 heteroatoms. The molecule has 0 saturated carbocycles. The van der Waals surface area contributed by atoms with Crippen LogP contribution in [0.5, 0.6) is 0 Å². The zero-order valence-electron chi connectivity index (χ0n) is 10.7. The molecule has 2 rings (SSSR count). The van der Waals surface area contributed by atoms with E-state index in [1.54, 1.807) is 12.4 Å². The average Bonchev–Trinajstić information content (AvgIpc) is 2.61. The SMILES string of the molecule is Cc1nccnc1C(C)Nn1c(C)ccc1C. The Bertz CT molecular complexity index is 496. The molecule has 0 aliphatic heterocycles. The second kappa shape index (κ2) is 4.57. The Labute approximate surface area is 102 Å². The molecule has 0 fully saturated rings. The maximum Gasteiger partial charge on any atom is 0.0851 e. The highest BCUT2D eigenvalue weighted by Crippen LogP contribution is 2.15. The van der Waals surface area contributed by atoms with Gasteiger partial charge in [-0.2, -0.15) is 0 Å². The van der Waals surface area contributed by atoms with Gasteiger partial charge in [0.1, 0.15) is 0 Å². The molecule has 2 aromatic heterocycles. The minimum absolute atomic E-state index is 0.133. The van der Waals surface area contributed by atoms with Gasteiger partial charge in [0.25, 0.3) is 0 Å². The van der Waals surface area contributed by atoms with Crippen LogP contribution in [0, 0.1) is 20.8 Å². The first kappa shape index (κ1) is 11.6. The van der Waals surface area contributed by atoms with Crippen molar-refractivity contribution in [1.29, 1.82) is 0 Å². The summed E-state index contributed by atoms with van der Waals surface area (Å²) in [6, 6.07) is 4.32. The van der Waals surface area contributed by atoms with Gasteiger partial charge in [0.2, 0.25) is 0 Å². The van der Waals surface area contributed by atoms with Crippen LogP contribution in [0.3, 0.4) is 0 Å². The predicted molar refractivity (Wildman–Crippen MR) is 68.5 cm³/mol. The lowest BCUT2D eigenvalue weighted by atomic mass is 10.2. The van der Waals surface area contributed by atoms with E-state index in [-0.39, 0.29) is 6.04 Å². The first-order chi connectivity index (χ1) is 8.09. The van der Waals surface area contributed by atoms with Gasteiger partial charge in [0, 0.05) is 23.8 Å². The van der Waals surface area contributed by atoms with E-state index in [1.807, 2.05) is 6.92 Å². The van der Waals surface area contributed by atoms with Crippen molar-refractivity contribution in [3.8, 4) is 0 Å². The summed E-state index contributed by atoms with van der Waals surface area (Å²) < 4.78 is 2.08. The number of nitrogens with one attached hydrogen (secondary N) is 1. The molecule has 2 aromatic rings. The molecule has 1 N–H and O–H groups in total. The summed E-state index contributed by atoms with van der Waals surface area (Å²) in [6.45, 7) is 8.23. The number of hydrogen-bond acceptors (Lipinski definition) is 3. The third kappa shape index (κ3) is 2.30. The van der Waals surface area contributed by atoms with E-state index in [0.29, 0.717) is 0 Å². The van der Waals surface area contributed by atoms with Gasteiger partial charge < -0.3 is 5.43 Å². The van der Waals surface area contributed by atoms with E-state index < -0.39 is 0 Å². The first-order valence-corrected chi connectivity index (χ1v) is 5.78. The molecule has 0 amide bonds. The van der Waals surface area contributed by atoms with Crippen molar-refractivity contribution in [3.05, 3.63) is 47.3 Å². The topological polar surface area (TPSA) is 42.7 Å². The largest absolute Gasteiger partial charge is 0.317 e. The molecule has 90 valence electrons. The molecule has 17 heavy (non-hydrogen) atoms. The van der Waals surface area contributed by atoms with Crippen LogP contribution in [0.4, 0.5) is 0 Å². The summed E-state index contributed by atoms with van der Waals surface area (Å²) >= 11 is 0. The van der Waals surface area contributed by atoms with Gasteiger partial charge in [-0.25, -0.2) is 0 Å². The van der Waals surface area contributed by atoms with E-state index in [0.717, 1.165) is 11.4 Å². The van der Waals surface area contributed by atoms with Gasteiger partial charge in [-0.1, -0.05) is 0 Å². The molecule has 4 nitrogen and oxygen atoms in total. The van der Waals surface area contributed by atoms with E-state index in [4.69, 9.17) is 0 Å². The lowest BCUT2D eigenvalue weighted by Gasteiger charge is -2.19. The van der Waals surface area contributed by atoms with Crippen LogP contribution in [0.2, 0.25) is 0 Å². The van der Waals surface area contributed by atoms with Crippen molar-refractivity contribution in [2.24, 2.45) is 0 Å². The predicted octanol–water partition coefficient (Wildman–Crippen LogP) is 2.51. The fourth-order valence-electron chi connectivity index (χ4n) is 1.97. The van der Waals surface area contributed by atoms with Crippen molar-refractivity contribution in [2.45, 2.75) is 33.7 Å². The quantitative estimate of drug-likeness (QED) is 0.881. The van der Waals surface area contributed by atoms with E-state index in [1.165, 1.54) is 11.4 Å². The van der Waals surface area contributed by atoms with Gasteiger partial charge >= 0.3 is 0 Å². The maximum atomic E-state index is 4.38. The van der Waals surface area contributed by atoms with E-state index in [9.17, 15) is 0 Å². The lowest BCUT2D eigenvalue weighted by molar-refractivity contribution is 0.675. The zero-order chi connectivity index (χ0) is 12.4. The third-order valence-electron chi connectivity index (χ3n) is 2.92. The summed E-state index contributed by atoms with van der Waals surface area (Å²) in [5.41, 5.74) is 7.76. The molecule has 0 saturated heterocycles. The van der Waals surface area contributed by atoms with Gasteiger partial charge in [-0.15, -0.1) is 0 Å². The number of nitrogens with zero attached hydrogens (tertiary/aromatic N) is 3. The summed E-state index contributed by atoms with van der Waals surface area (Å²) in [5.74, 6) is 0. The monoisotopic (exact) mass is 230 g/mol. The molecule has 1 atom stereocenters. The fourth-order valence-corrected chi connectivity index (χ4v) is 1.97. The number of aromatic nitrogens is 3. The highest BCUT2D eigenvalue weighted by Gasteiger charge is 2.11. The Morgan fingerprint density at radius 3 is 2.24 bits per heavy atom. The van der Waals surface area contributed by atoms with Crippen LogP contribution in [0.1, 0.15) is 35.7 Å². The Morgan fingerprint density at radius 1 is 1.06 bits per heavy atom. The lowest BCUT2D eigenvalue weighted by Crippen LogP contribution is -2.22. The summed E-state index contributed by atoms with van der Waals surface area (Å²) in [4.78, 5) is 8.64. The van der Waals surface area contributed by atoms with Crippen molar-refractivity contribution in [1.82, 2.24) is 14.6 Å². The molecule has 2 heterocycles. The molecular formula is C13H18N4.